The van der Waals surface area contributed by atoms with Crippen molar-refractivity contribution in [3.8, 4) is 23.0 Å². The first-order valence-electron chi connectivity index (χ1n) is 16.5. The van der Waals surface area contributed by atoms with Gasteiger partial charge in [-0.1, -0.05) is 68.5 Å². The van der Waals surface area contributed by atoms with Gasteiger partial charge in [-0.15, -0.1) is 0 Å². The summed E-state index contributed by atoms with van der Waals surface area (Å²) in [5.74, 6) is 5.12. The number of nitrogen functional groups attached to an aromatic ring is 2. The highest BCUT2D eigenvalue weighted by atomic mass is 16.5. The molecule has 44 heavy (non-hydrogen) atoms. The molecule has 0 bridgehead atoms. The second-order valence-corrected chi connectivity index (χ2v) is 13.5. The third-order valence-corrected chi connectivity index (χ3v) is 10.4. The van der Waals surface area contributed by atoms with E-state index in [1.165, 1.54) is 56.1 Å². The SMILES string of the molecule is Cc1cc(C2(c3cc(C)c(Oc4cccc(N)c4)c(C)c3)CCC(C3CCCCC3)CC2)cc(C)c1Oc1cccc(N)c1. The zero-order valence-electron chi connectivity index (χ0n) is 26.9. The van der Waals surface area contributed by atoms with Crippen LogP contribution in [0.5, 0.6) is 23.0 Å². The molecular formula is C40H48N2O2. The van der Waals surface area contributed by atoms with Gasteiger partial charge in [0, 0.05) is 28.9 Å². The molecule has 4 aromatic rings. The van der Waals surface area contributed by atoms with Gasteiger partial charge in [0.1, 0.15) is 23.0 Å². The van der Waals surface area contributed by atoms with Crippen LogP contribution in [-0.4, -0.2) is 0 Å². The molecule has 4 N–H and O–H groups in total. The van der Waals surface area contributed by atoms with Gasteiger partial charge in [0.15, 0.2) is 0 Å². The smallest absolute Gasteiger partial charge is 0.133 e. The van der Waals surface area contributed by atoms with Crippen LogP contribution in [-0.2, 0) is 5.41 Å². The van der Waals surface area contributed by atoms with E-state index in [9.17, 15) is 0 Å². The Balaban J connectivity index is 1.37. The third kappa shape index (κ3) is 6.18. The maximum absolute atomic E-state index is 6.41. The number of ether oxygens (including phenoxy) is 2. The summed E-state index contributed by atoms with van der Waals surface area (Å²) < 4.78 is 12.8. The minimum absolute atomic E-state index is 0.0540. The van der Waals surface area contributed by atoms with Crippen molar-refractivity contribution in [1.82, 2.24) is 0 Å². The van der Waals surface area contributed by atoms with Crippen molar-refractivity contribution < 1.29 is 9.47 Å². The highest BCUT2D eigenvalue weighted by molar-refractivity contribution is 5.55. The lowest BCUT2D eigenvalue weighted by Crippen LogP contribution is -2.36. The minimum atomic E-state index is -0.0540. The molecule has 0 atom stereocenters. The molecule has 4 heteroatoms. The maximum Gasteiger partial charge on any atom is 0.133 e. The average Bonchev–Trinajstić information content (AvgIpc) is 3.01. The first-order valence-corrected chi connectivity index (χ1v) is 16.5. The quantitative estimate of drug-likeness (QED) is 0.211. The van der Waals surface area contributed by atoms with Crippen LogP contribution >= 0.6 is 0 Å². The van der Waals surface area contributed by atoms with Gasteiger partial charge in [0.05, 0.1) is 0 Å². The van der Waals surface area contributed by atoms with Gasteiger partial charge in [-0.25, -0.2) is 0 Å². The fourth-order valence-corrected chi connectivity index (χ4v) is 8.12. The van der Waals surface area contributed by atoms with Crippen LogP contribution in [0.15, 0.2) is 72.8 Å². The predicted octanol–water partition coefficient (Wildman–Crippen LogP) is 10.7. The van der Waals surface area contributed by atoms with E-state index < -0.39 is 0 Å². The molecule has 2 saturated carbocycles. The Morgan fingerprint density at radius 1 is 0.545 bits per heavy atom. The van der Waals surface area contributed by atoms with Crippen LogP contribution in [0, 0.1) is 39.5 Å². The Labute approximate surface area is 263 Å². The predicted molar refractivity (Wildman–Crippen MR) is 183 cm³/mol. The van der Waals surface area contributed by atoms with Crippen LogP contribution < -0.4 is 20.9 Å². The maximum atomic E-state index is 6.41. The monoisotopic (exact) mass is 588 g/mol. The number of hydrogen-bond donors (Lipinski definition) is 2. The molecule has 2 aliphatic carbocycles. The Morgan fingerprint density at radius 3 is 1.36 bits per heavy atom. The Morgan fingerprint density at radius 2 is 0.955 bits per heavy atom. The summed E-state index contributed by atoms with van der Waals surface area (Å²) in [5, 5.41) is 0. The fourth-order valence-electron chi connectivity index (χ4n) is 8.12. The molecule has 230 valence electrons. The topological polar surface area (TPSA) is 70.5 Å². The van der Waals surface area contributed by atoms with E-state index in [1.807, 2.05) is 48.5 Å². The van der Waals surface area contributed by atoms with Gasteiger partial charge in [0.25, 0.3) is 0 Å². The summed E-state index contributed by atoms with van der Waals surface area (Å²) >= 11 is 0. The summed E-state index contributed by atoms with van der Waals surface area (Å²) in [7, 11) is 0. The molecule has 0 spiro atoms. The molecule has 0 radical (unpaired) electrons. The summed E-state index contributed by atoms with van der Waals surface area (Å²) in [5.41, 5.74) is 20.9. The van der Waals surface area contributed by atoms with Crippen molar-refractivity contribution in [1.29, 1.82) is 0 Å². The normalized spacial score (nSPS) is 17.4. The second kappa shape index (κ2) is 12.6. The average molecular weight is 589 g/mol. The van der Waals surface area contributed by atoms with Crippen molar-refractivity contribution in [3.63, 3.8) is 0 Å². The van der Waals surface area contributed by atoms with Crippen LogP contribution in [0.25, 0.3) is 0 Å². The van der Waals surface area contributed by atoms with E-state index in [1.54, 1.807) is 0 Å². The van der Waals surface area contributed by atoms with Crippen molar-refractivity contribution in [2.45, 2.75) is 90.9 Å². The first kappa shape index (κ1) is 30.1. The Kier molecular flexibility index (Phi) is 8.62. The minimum Gasteiger partial charge on any atom is -0.457 e. The molecule has 2 aliphatic rings. The van der Waals surface area contributed by atoms with Crippen LogP contribution in [0.4, 0.5) is 11.4 Å². The van der Waals surface area contributed by atoms with Crippen LogP contribution in [0.2, 0.25) is 0 Å². The molecule has 6 rings (SSSR count). The van der Waals surface area contributed by atoms with E-state index in [2.05, 4.69) is 52.0 Å². The summed E-state index contributed by atoms with van der Waals surface area (Å²) in [6.07, 6.45) is 12.0. The second-order valence-electron chi connectivity index (χ2n) is 13.5. The lowest BCUT2D eigenvalue weighted by molar-refractivity contribution is 0.163. The highest BCUT2D eigenvalue weighted by Crippen LogP contribution is 2.52. The Bertz CT molecular complexity index is 1480. The number of hydrogen-bond acceptors (Lipinski definition) is 4. The largest absolute Gasteiger partial charge is 0.457 e. The highest BCUT2D eigenvalue weighted by Gasteiger charge is 2.41. The molecular weight excluding hydrogens is 540 g/mol. The number of nitrogens with two attached hydrogens (primary N) is 2. The van der Waals surface area contributed by atoms with E-state index in [-0.39, 0.29) is 5.41 Å². The van der Waals surface area contributed by atoms with E-state index in [4.69, 9.17) is 20.9 Å². The van der Waals surface area contributed by atoms with Crippen molar-refractivity contribution in [2.24, 2.45) is 11.8 Å². The van der Waals surface area contributed by atoms with E-state index in [0.717, 1.165) is 69.9 Å². The van der Waals surface area contributed by atoms with Crippen molar-refractivity contribution in [2.75, 3.05) is 11.5 Å². The van der Waals surface area contributed by atoms with Gasteiger partial charge in [-0.3, -0.25) is 0 Å². The molecule has 0 amide bonds. The Hall–Kier alpha value is -3.92. The number of rotatable bonds is 7. The molecule has 0 aliphatic heterocycles. The molecule has 0 saturated heterocycles. The van der Waals surface area contributed by atoms with Gasteiger partial charge >= 0.3 is 0 Å². The lowest BCUT2D eigenvalue weighted by Gasteiger charge is -2.44. The van der Waals surface area contributed by atoms with Crippen LogP contribution in [0.1, 0.15) is 91.2 Å². The van der Waals surface area contributed by atoms with Gasteiger partial charge in [0.2, 0.25) is 0 Å². The zero-order chi connectivity index (χ0) is 30.8. The number of aryl methyl sites for hydroxylation is 4. The molecule has 4 nitrogen and oxygen atoms in total. The molecule has 4 aromatic carbocycles. The third-order valence-electron chi connectivity index (χ3n) is 10.4. The van der Waals surface area contributed by atoms with E-state index in [0.29, 0.717) is 11.4 Å². The van der Waals surface area contributed by atoms with Gasteiger partial charge < -0.3 is 20.9 Å². The number of anilines is 2. The summed E-state index contributed by atoms with van der Waals surface area (Å²) in [4.78, 5) is 0. The standard InChI is InChI=1S/C40H48N2O2/c1-26-20-32(21-27(2)38(26)43-36-14-8-12-34(41)24-36)40(18-16-31(17-19-40)30-10-6-5-7-11-30)33-22-28(3)39(29(4)23-33)44-37-15-9-13-35(42)25-37/h8-9,12-15,20-25,30-31H,5-7,10-11,16-19,41-42H2,1-4H3. The molecule has 0 heterocycles. The fraction of sp³-hybridized carbons (Fsp3) is 0.400. The summed E-state index contributed by atoms with van der Waals surface area (Å²) in [6.45, 7) is 8.72. The van der Waals surface area contributed by atoms with Crippen molar-refractivity contribution >= 4 is 11.4 Å². The van der Waals surface area contributed by atoms with Gasteiger partial charge in [-0.05, 0) is 123 Å². The van der Waals surface area contributed by atoms with Gasteiger partial charge in [-0.2, -0.15) is 0 Å². The zero-order valence-corrected chi connectivity index (χ0v) is 26.9. The molecule has 2 fully saturated rings. The molecule has 0 aromatic heterocycles. The summed E-state index contributed by atoms with van der Waals surface area (Å²) in [6, 6.07) is 24.9. The molecule has 0 unspecified atom stereocenters. The van der Waals surface area contributed by atoms with Crippen LogP contribution in [0.3, 0.4) is 0 Å². The first-order chi connectivity index (χ1) is 21.2. The van der Waals surface area contributed by atoms with E-state index >= 15 is 0 Å². The lowest BCUT2D eigenvalue weighted by atomic mass is 9.60. The van der Waals surface area contributed by atoms with Crippen molar-refractivity contribution in [3.05, 3.63) is 106 Å². The number of benzene rings is 4.